The number of carbonyl (C=O) groups excluding carboxylic acids is 1. The number of nitrogens with one attached hydrogen (secondary N) is 1. The number of aryl methyl sites for hydroxylation is 1. The molecule has 0 bridgehead atoms. The van der Waals surface area contributed by atoms with Crippen LogP contribution in [-0.4, -0.2) is 31.1 Å². The third kappa shape index (κ3) is 5.22. The van der Waals surface area contributed by atoms with Crippen LogP contribution in [0.2, 0.25) is 5.02 Å². The molecule has 1 aromatic heterocycles. The van der Waals surface area contributed by atoms with E-state index in [0.29, 0.717) is 5.01 Å². The molecule has 0 saturated carbocycles. The lowest BCUT2D eigenvalue weighted by Gasteiger charge is -2.24. The van der Waals surface area contributed by atoms with Crippen molar-refractivity contribution in [3.63, 3.8) is 0 Å². The van der Waals surface area contributed by atoms with Crippen molar-refractivity contribution in [2.24, 2.45) is 0 Å². The predicted molar refractivity (Wildman–Crippen MR) is 131 cm³/mol. The average molecular weight is 499 g/mol. The summed E-state index contributed by atoms with van der Waals surface area (Å²) in [6.07, 6.45) is 0. The topological polar surface area (TPSA) is 92.3 Å². The van der Waals surface area contributed by atoms with Crippen LogP contribution < -0.4 is 9.62 Å². The molecule has 10 heteroatoms. The third-order valence-electron chi connectivity index (χ3n) is 4.71. The number of carbonyl (C=O) groups is 1. The van der Waals surface area contributed by atoms with Crippen LogP contribution in [0.15, 0.2) is 83.8 Å². The van der Waals surface area contributed by atoms with Gasteiger partial charge in [-0.25, -0.2) is 8.42 Å². The Hall–Kier alpha value is -3.27. The maximum absolute atomic E-state index is 13.4. The van der Waals surface area contributed by atoms with Gasteiger partial charge in [0.15, 0.2) is 0 Å². The van der Waals surface area contributed by atoms with Gasteiger partial charge in [0.25, 0.3) is 10.0 Å². The molecule has 1 heterocycles. The Morgan fingerprint density at radius 1 is 0.970 bits per heavy atom. The van der Waals surface area contributed by atoms with Gasteiger partial charge in [-0.05, 0) is 31.2 Å². The van der Waals surface area contributed by atoms with Crippen LogP contribution in [0, 0.1) is 6.92 Å². The minimum atomic E-state index is -4.06. The zero-order valence-corrected chi connectivity index (χ0v) is 19.9. The lowest BCUT2D eigenvalue weighted by Crippen LogP contribution is -2.38. The number of sulfonamides is 1. The smallest absolute Gasteiger partial charge is 0.264 e. The van der Waals surface area contributed by atoms with Crippen molar-refractivity contribution in [3.8, 4) is 10.6 Å². The summed E-state index contributed by atoms with van der Waals surface area (Å²) in [5.74, 6) is -0.568. The molecular formula is C23H19ClN4O3S2. The molecule has 4 aromatic rings. The summed E-state index contributed by atoms with van der Waals surface area (Å²) in [4.78, 5) is 12.9. The van der Waals surface area contributed by atoms with Gasteiger partial charge in [-0.2, -0.15) is 0 Å². The zero-order chi connectivity index (χ0) is 23.4. The highest BCUT2D eigenvalue weighted by molar-refractivity contribution is 7.92. The van der Waals surface area contributed by atoms with Crippen LogP contribution >= 0.6 is 22.9 Å². The first kappa shape index (κ1) is 22.9. The monoisotopic (exact) mass is 498 g/mol. The average Bonchev–Trinajstić information content (AvgIpc) is 3.27. The van der Waals surface area contributed by atoms with E-state index >= 15 is 0 Å². The number of para-hydroxylation sites is 1. The van der Waals surface area contributed by atoms with E-state index in [1.54, 1.807) is 36.4 Å². The normalized spacial score (nSPS) is 11.2. The van der Waals surface area contributed by atoms with Crippen LogP contribution in [0.1, 0.15) is 5.56 Å². The minimum absolute atomic E-state index is 0.0584. The highest BCUT2D eigenvalue weighted by atomic mass is 35.5. The Labute approximate surface area is 200 Å². The van der Waals surface area contributed by atoms with Crippen LogP contribution in [0.5, 0.6) is 0 Å². The summed E-state index contributed by atoms with van der Waals surface area (Å²) in [6.45, 7) is 1.38. The number of benzene rings is 3. The fourth-order valence-corrected chi connectivity index (χ4v) is 5.54. The summed E-state index contributed by atoms with van der Waals surface area (Å²) in [6, 6.07) is 22.3. The van der Waals surface area contributed by atoms with E-state index in [1.165, 1.54) is 23.5 Å². The highest BCUT2D eigenvalue weighted by Gasteiger charge is 2.29. The standard InChI is InChI=1S/C23H19ClN4O3S2/c1-16-11-13-18(14-12-16)33(30,31)28(20-10-6-5-9-19(20)24)15-21(29)25-23-27-26-22(32-23)17-7-3-2-4-8-17/h2-14H,15H2,1H3,(H,25,27,29). The molecular weight excluding hydrogens is 480 g/mol. The van der Waals surface area contributed by atoms with Crippen LogP contribution in [0.3, 0.4) is 0 Å². The summed E-state index contributed by atoms with van der Waals surface area (Å²) in [7, 11) is -4.06. The van der Waals surface area contributed by atoms with E-state index < -0.39 is 22.5 Å². The van der Waals surface area contributed by atoms with E-state index in [9.17, 15) is 13.2 Å². The van der Waals surface area contributed by atoms with Crippen LogP contribution in [0.25, 0.3) is 10.6 Å². The maximum atomic E-state index is 13.4. The van der Waals surface area contributed by atoms with Gasteiger partial charge in [0, 0.05) is 5.56 Å². The fraction of sp³-hybridized carbons (Fsp3) is 0.0870. The van der Waals surface area contributed by atoms with Gasteiger partial charge in [0.1, 0.15) is 11.6 Å². The number of amides is 1. The second-order valence-corrected chi connectivity index (χ2v) is 10.3. The first-order valence-electron chi connectivity index (χ1n) is 9.87. The summed E-state index contributed by atoms with van der Waals surface area (Å²) < 4.78 is 27.9. The number of aromatic nitrogens is 2. The Balaban J connectivity index is 1.61. The van der Waals surface area contributed by atoms with Crippen molar-refractivity contribution in [2.45, 2.75) is 11.8 Å². The van der Waals surface area contributed by atoms with Crippen molar-refractivity contribution in [1.29, 1.82) is 0 Å². The van der Waals surface area contributed by atoms with E-state index in [-0.39, 0.29) is 20.7 Å². The Bertz CT molecular complexity index is 1370. The Morgan fingerprint density at radius 3 is 2.33 bits per heavy atom. The first-order chi connectivity index (χ1) is 15.8. The molecule has 168 valence electrons. The number of rotatable bonds is 7. The number of hydrogen-bond acceptors (Lipinski definition) is 6. The molecule has 1 N–H and O–H groups in total. The molecule has 0 unspecified atom stereocenters. The molecule has 0 spiro atoms. The maximum Gasteiger partial charge on any atom is 0.264 e. The summed E-state index contributed by atoms with van der Waals surface area (Å²) in [5.41, 5.74) is 1.99. The van der Waals surface area contributed by atoms with Crippen LogP contribution in [0.4, 0.5) is 10.8 Å². The molecule has 4 rings (SSSR count). The third-order valence-corrected chi connectivity index (χ3v) is 7.69. The van der Waals surface area contributed by atoms with E-state index in [0.717, 1.165) is 15.4 Å². The van der Waals surface area contributed by atoms with Crippen molar-refractivity contribution >= 4 is 49.7 Å². The van der Waals surface area contributed by atoms with Crippen molar-refractivity contribution < 1.29 is 13.2 Å². The Kier molecular flexibility index (Phi) is 6.73. The van der Waals surface area contributed by atoms with E-state index in [4.69, 9.17) is 11.6 Å². The number of anilines is 2. The SMILES string of the molecule is Cc1ccc(S(=O)(=O)N(CC(=O)Nc2nnc(-c3ccccc3)s2)c2ccccc2Cl)cc1. The molecule has 0 aliphatic rings. The summed E-state index contributed by atoms with van der Waals surface area (Å²) in [5, 5.41) is 11.9. The Morgan fingerprint density at radius 2 is 1.64 bits per heavy atom. The molecule has 1 amide bonds. The second kappa shape index (κ2) is 9.70. The molecule has 0 atom stereocenters. The lowest BCUT2D eigenvalue weighted by atomic mass is 10.2. The van der Waals surface area contributed by atoms with Gasteiger partial charge in [-0.1, -0.05) is 83.1 Å². The van der Waals surface area contributed by atoms with Gasteiger partial charge in [-0.15, -0.1) is 10.2 Å². The van der Waals surface area contributed by atoms with Gasteiger partial charge in [-0.3, -0.25) is 14.4 Å². The molecule has 0 aliphatic heterocycles. The second-order valence-electron chi connectivity index (χ2n) is 7.10. The fourth-order valence-electron chi connectivity index (χ4n) is 3.05. The van der Waals surface area contributed by atoms with Gasteiger partial charge >= 0.3 is 0 Å². The minimum Gasteiger partial charge on any atom is -0.299 e. The molecule has 7 nitrogen and oxygen atoms in total. The van der Waals surface area contributed by atoms with Crippen molar-refractivity contribution in [3.05, 3.63) is 89.4 Å². The van der Waals surface area contributed by atoms with Crippen LogP contribution in [-0.2, 0) is 14.8 Å². The van der Waals surface area contributed by atoms with Crippen molar-refractivity contribution in [1.82, 2.24) is 10.2 Å². The molecule has 3 aromatic carbocycles. The van der Waals surface area contributed by atoms with E-state index in [1.807, 2.05) is 37.3 Å². The van der Waals surface area contributed by atoms with E-state index in [2.05, 4.69) is 15.5 Å². The van der Waals surface area contributed by atoms with Gasteiger partial charge < -0.3 is 0 Å². The number of nitrogens with zero attached hydrogens (tertiary/aromatic N) is 3. The first-order valence-corrected chi connectivity index (χ1v) is 12.5. The molecule has 33 heavy (non-hydrogen) atoms. The summed E-state index contributed by atoms with van der Waals surface area (Å²) >= 11 is 7.49. The predicted octanol–water partition coefficient (Wildman–Crippen LogP) is 5.00. The molecule has 0 saturated heterocycles. The van der Waals surface area contributed by atoms with Gasteiger partial charge in [0.05, 0.1) is 15.6 Å². The number of hydrogen-bond donors (Lipinski definition) is 1. The zero-order valence-electron chi connectivity index (χ0n) is 17.5. The van der Waals surface area contributed by atoms with Gasteiger partial charge in [0.2, 0.25) is 11.0 Å². The lowest BCUT2D eigenvalue weighted by molar-refractivity contribution is -0.114. The largest absolute Gasteiger partial charge is 0.299 e. The highest BCUT2D eigenvalue weighted by Crippen LogP contribution is 2.31. The quantitative estimate of drug-likeness (QED) is 0.387. The molecule has 0 radical (unpaired) electrons. The molecule has 0 aliphatic carbocycles. The molecule has 0 fully saturated rings. The number of halogens is 1. The van der Waals surface area contributed by atoms with Crippen molar-refractivity contribution in [2.75, 3.05) is 16.2 Å².